The Kier molecular flexibility index (Phi) is 13.2. The van der Waals surface area contributed by atoms with Gasteiger partial charge in [0, 0.05) is 27.9 Å². The van der Waals surface area contributed by atoms with Gasteiger partial charge in [-0.2, -0.15) is 0 Å². The van der Waals surface area contributed by atoms with Crippen molar-refractivity contribution in [3.63, 3.8) is 0 Å². The number of halogens is 1. The van der Waals surface area contributed by atoms with E-state index in [0.717, 1.165) is 41.1 Å². The Morgan fingerprint density at radius 3 is 2.12 bits per heavy atom. The zero-order chi connectivity index (χ0) is 25.0. The molecule has 1 N–H and O–H groups in total. The number of carbonyl (C=O) groups is 1. The van der Waals surface area contributed by atoms with Gasteiger partial charge in [-0.25, -0.2) is 0 Å². The molecule has 0 aromatic heterocycles. The highest BCUT2D eigenvalue weighted by Gasteiger charge is 2.11. The molecule has 0 spiro atoms. The molecule has 0 radical (unpaired) electrons. The molecule has 180 valence electrons. The fourth-order valence-corrected chi connectivity index (χ4v) is 4.00. The van der Waals surface area contributed by atoms with Crippen LogP contribution in [0, 0.1) is 11.8 Å². The van der Waals surface area contributed by atoms with Crippen molar-refractivity contribution in [2.24, 2.45) is 11.8 Å². The van der Waals surface area contributed by atoms with Crippen molar-refractivity contribution >= 4 is 34.8 Å². The van der Waals surface area contributed by atoms with Crippen LogP contribution in [0.25, 0.3) is 5.57 Å². The van der Waals surface area contributed by atoms with E-state index >= 15 is 0 Å². The minimum Gasteiger partial charge on any atom is -0.356 e. The number of thioether (sulfide) groups is 1. The zero-order valence-electron chi connectivity index (χ0n) is 21.3. The van der Waals surface area contributed by atoms with Gasteiger partial charge in [-0.05, 0) is 67.7 Å². The Hall–Kier alpha value is -1.97. The number of allylic oxidation sites excluding steroid dienone is 2. The Labute approximate surface area is 210 Å². The summed E-state index contributed by atoms with van der Waals surface area (Å²) in [7, 11) is 0. The number of amides is 1. The first-order valence-electron chi connectivity index (χ1n) is 11.7. The predicted octanol–water partition coefficient (Wildman–Crippen LogP) is 9.00. The smallest absolute Gasteiger partial charge is 0.222 e. The van der Waals surface area contributed by atoms with E-state index in [1.54, 1.807) is 11.8 Å². The first-order chi connectivity index (χ1) is 15.6. The number of benzene rings is 2. The molecule has 2 aromatic rings. The molecule has 1 unspecified atom stereocenters. The number of rotatable bonds is 9. The molecule has 4 heteroatoms. The molecule has 0 bridgehead atoms. The summed E-state index contributed by atoms with van der Waals surface area (Å²) in [6.07, 6.45) is 2.00. The maximum Gasteiger partial charge on any atom is 0.222 e. The van der Waals surface area contributed by atoms with Crippen LogP contribution in [0.1, 0.15) is 72.4 Å². The van der Waals surface area contributed by atoms with Crippen molar-refractivity contribution in [3.05, 3.63) is 81.7 Å². The third kappa shape index (κ3) is 10.2. The van der Waals surface area contributed by atoms with Gasteiger partial charge in [-0.1, -0.05) is 99.6 Å². The molecule has 33 heavy (non-hydrogen) atoms. The average molecular weight is 486 g/mol. The van der Waals surface area contributed by atoms with Crippen molar-refractivity contribution < 1.29 is 4.79 Å². The second kappa shape index (κ2) is 15.0. The summed E-state index contributed by atoms with van der Waals surface area (Å²) >= 11 is 8.08. The third-order valence-corrected chi connectivity index (χ3v) is 7.08. The average Bonchev–Trinajstić information content (AvgIpc) is 2.78. The van der Waals surface area contributed by atoms with Crippen LogP contribution >= 0.6 is 23.4 Å². The minimum absolute atomic E-state index is 0.164. The molecule has 0 saturated carbocycles. The molecule has 0 saturated heterocycles. The van der Waals surface area contributed by atoms with Crippen LogP contribution in [0.15, 0.2) is 70.5 Å². The van der Waals surface area contributed by atoms with Crippen molar-refractivity contribution in [2.75, 3.05) is 6.54 Å². The van der Waals surface area contributed by atoms with Crippen LogP contribution < -0.4 is 5.32 Å². The molecule has 2 rings (SSSR count). The van der Waals surface area contributed by atoms with Gasteiger partial charge in [0.05, 0.1) is 0 Å². The van der Waals surface area contributed by atoms with E-state index in [9.17, 15) is 4.79 Å². The number of nitrogens with one attached hydrogen (secondary N) is 1. The highest BCUT2D eigenvalue weighted by Crippen LogP contribution is 2.37. The lowest BCUT2D eigenvalue weighted by Crippen LogP contribution is -2.30. The van der Waals surface area contributed by atoms with E-state index in [4.69, 9.17) is 11.6 Å². The lowest BCUT2D eigenvalue weighted by molar-refractivity contribution is -0.124. The summed E-state index contributed by atoms with van der Waals surface area (Å²) in [6, 6.07) is 16.2. The number of hydrogen-bond acceptors (Lipinski definition) is 2. The molecular weight excluding hydrogens is 446 g/mol. The Balaban J connectivity index is 0.000000389. The van der Waals surface area contributed by atoms with E-state index < -0.39 is 0 Å². The second-order valence-electron chi connectivity index (χ2n) is 8.90. The molecule has 0 aliphatic carbocycles. The van der Waals surface area contributed by atoms with Gasteiger partial charge in [0.1, 0.15) is 0 Å². The molecule has 2 nitrogen and oxygen atoms in total. The van der Waals surface area contributed by atoms with Gasteiger partial charge in [0.15, 0.2) is 0 Å². The molecule has 1 atom stereocenters. The quantitative estimate of drug-likeness (QED) is 0.359. The van der Waals surface area contributed by atoms with Gasteiger partial charge in [0.25, 0.3) is 0 Å². The second-order valence-corrected chi connectivity index (χ2v) is 10.6. The van der Waals surface area contributed by atoms with Gasteiger partial charge in [-0.15, -0.1) is 0 Å². The molecule has 0 fully saturated rings. The van der Waals surface area contributed by atoms with Crippen LogP contribution in [0.3, 0.4) is 0 Å². The molecule has 0 aliphatic heterocycles. The maximum absolute atomic E-state index is 11.2. The van der Waals surface area contributed by atoms with Crippen molar-refractivity contribution in [1.29, 1.82) is 0 Å². The van der Waals surface area contributed by atoms with E-state index in [-0.39, 0.29) is 11.8 Å². The predicted molar refractivity (Wildman–Crippen MR) is 148 cm³/mol. The molecule has 1 amide bonds. The summed E-state index contributed by atoms with van der Waals surface area (Å²) in [4.78, 5) is 13.8. The van der Waals surface area contributed by atoms with E-state index in [1.807, 2.05) is 44.2 Å². The van der Waals surface area contributed by atoms with Crippen LogP contribution in [0.2, 0.25) is 5.02 Å². The topological polar surface area (TPSA) is 29.1 Å². The molecular formula is C29H40ClNOS. The lowest BCUT2D eigenvalue weighted by atomic mass is 10.00. The highest BCUT2D eigenvalue weighted by molar-refractivity contribution is 8.03. The number of hydrogen-bond donors (Lipinski definition) is 1. The minimum atomic E-state index is 0.164. The Bertz CT molecular complexity index is 944. The van der Waals surface area contributed by atoms with Crippen LogP contribution in [0.5, 0.6) is 0 Å². The summed E-state index contributed by atoms with van der Waals surface area (Å²) in [5.74, 6) is 1.03. The molecule has 2 aromatic carbocycles. The SMILES string of the molecule is C=C(c1ccccc1Cl)c1ccccc1SC(C)=C(C)C.CCC(C)C(=O)NCCC(C)C. The Morgan fingerprint density at radius 2 is 1.58 bits per heavy atom. The van der Waals surface area contributed by atoms with E-state index in [0.29, 0.717) is 5.92 Å². The number of carbonyl (C=O) groups excluding carboxylic acids is 1. The summed E-state index contributed by atoms with van der Waals surface area (Å²) in [5.41, 5.74) is 4.42. The summed E-state index contributed by atoms with van der Waals surface area (Å²) < 4.78 is 0. The van der Waals surface area contributed by atoms with E-state index in [1.165, 1.54) is 15.4 Å². The van der Waals surface area contributed by atoms with E-state index in [2.05, 4.69) is 64.7 Å². The van der Waals surface area contributed by atoms with Gasteiger partial charge >= 0.3 is 0 Å². The fraction of sp³-hybridized carbons (Fsp3) is 0.414. The van der Waals surface area contributed by atoms with Gasteiger partial charge in [-0.3, -0.25) is 4.79 Å². The van der Waals surface area contributed by atoms with Crippen molar-refractivity contribution in [1.82, 2.24) is 5.32 Å². The summed E-state index contributed by atoms with van der Waals surface area (Å²) in [6.45, 7) is 19.8. The Morgan fingerprint density at radius 1 is 1.00 bits per heavy atom. The standard InChI is InChI=1S/C19H19ClS.C10H21NO/c1-13(2)15(4)21-19-12-8-6-10-17(19)14(3)16-9-5-7-11-18(16)20;1-5-9(4)10(12)11-7-6-8(2)3/h5-12H,3H2,1-2,4H3;8-9H,5-7H2,1-4H3,(H,11,12). The maximum atomic E-state index is 11.2. The van der Waals surface area contributed by atoms with Crippen molar-refractivity contribution in [3.8, 4) is 0 Å². The fourth-order valence-electron chi connectivity index (χ4n) is 2.77. The van der Waals surface area contributed by atoms with Gasteiger partial charge in [0.2, 0.25) is 5.91 Å². The lowest BCUT2D eigenvalue weighted by Gasteiger charge is -2.14. The van der Waals surface area contributed by atoms with Crippen LogP contribution in [0.4, 0.5) is 0 Å². The largest absolute Gasteiger partial charge is 0.356 e. The normalized spacial score (nSPS) is 11.3. The monoisotopic (exact) mass is 485 g/mol. The molecule has 0 heterocycles. The molecule has 0 aliphatic rings. The highest BCUT2D eigenvalue weighted by atomic mass is 35.5. The van der Waals surface area contributed by atoms with Crippen LogP contribution in [-0.2, 0) is 4.79 Å². The first kappa shape index (κ1) is 29.1. The van der Waals surface area contributed by atoms with Gasteiger partial charge < -0.3 is 5.32 Å². The van der Waals surface area contributed by atoms with Crippen LogP contribution in [-0.4, -0.2) is 12.5 Å². The summed E-state index contributed by atoms with van der Waals surface area (Å²) in [5, 5.41) is 3.66. The first-order valence-corrected chi connectivity index (χ1v) is 12.9. The third-order valence-electron chi connectivity index (χ3n) is 5.46. The van der Waals surface area contributed by atoms with Crippen molar-refractivity contribution in [2.45, 2.75) is 66.2 Å². The zero-order valence-corrected chi connectivity index (χ0v) is 22.9.